The molecule has 0 bridgehead atoms. The van der Waals surface area contributed by atoms with E-state index in [4.69, 9.17) is 14.5 Å². The normalized spacial score (nSPS) is 28.2. The Morgan fingerprint density at radius 3 is 2.71 bits per heavy atom. The summed E-state index contributed by atoms with van der Waals surface area (Å²) in [6.45, 7) is 2.64. The zero-order chi connectivity index (χ0) is 23.4. The van der Waals surface area contributed by atoms with Crippen LogP contribution in [0.3, 0.4) is 0 Å². The number of methoxy groups -OCH3 is 1. The van der Waals surface area contributed by atoms with Crippen LogP contribution in [0.4, 0.5) is 10.5 Å². The summed E-state index contributed by atoms with van der Waals surface area (Å²) in [4.78, 5) is 19.5. The first-order chi connectivity index (χ1) is 16.5. The van der Waals surface area contributed by atoms with Crippen molar-refractivity contribution in [2.24, 2.45) is 0 Å². The van der Waals surface area contributed by atoms with E-state index in [1.54, 1.807) is 4.90 Å². The summed E-state index contributed by atoms with van der Waals surface area (Å²) < 4.78 is 13.6. The zero-order valence-electron chi connectivity index (χ0n) is 19.7. The van der Waals surface area contributed by atoms with Gasteiger partial charge in [0, 0.05) is 24.4 Å². The van der Waals surface area contributed by atoms with E-state index in [-0.39, 0.29) is 29.9 Å². The number of aliphatic hydroxyl groups excluding tert-OH is 1. The van der Waals surface area contributed by atoms with Gasteiger partial charge in [-0.15, -0.1) is 0 Å². The number of aryl methyl sites for hydroxylation is 1. The molecule has 1 saturated heterocycles. The van der Waals surface area contributed by atoms with E-state index in [0.29, 0.717) is 6.61 Å². The van der Waals surface area contributed by atoms with Crippen LogP contribution >= 0.6 is 0 Å². The van der Waals surface area contributed by atoms with E-state index in [1.165, 1.54) is 12.7 Å². The molecule has 7 heteroatoms. The van der Waals surface area contributed by atoms with Gasteiger partial charge < -0.3 is 19.1 Å². The molecule has 2 fully saturated rings. The van der Waals surface area contributed by atoms with Crippen LogP contribution in [0, 0.1) is 0 Å². The second-order valence-electron chi connectivity index (χ2n) is 10.0. The Kier molecular flexibility index (Phi) is 5.15. The maximum absolute atomic E-state index is 12.6. The molecule has 6 rings (SSSR count). The highest BCUT2D eigenvalue weighted by atomic mass is 16.5. The number of anilines is 1. The number of aliphatic hydroxyl groups is 1. The van der Waals surface area contributed by atoms with Crippen molar-refractivity contribution in [2.75, 3.05) is 18.6 Å². The van der Waals surface area contributed by atoms with Crippen LogP contribution in [0.15, 0.2) is 42.5 Å². The summed E-state index contributed by atoms with van der Waals surface area (Å²) in [5.74, 6) is 1.01. The summed E-state index contributed by atoms with van der Waals surface area (Å²) in [6.07, 6.45) is 4.38. The first kappa shape index (κ1) is 21.6. The highest BCUT2D eigenvalue weighted by Crippen LogP contribution is 2.49. The number of hydrogen-bond acceptors (Lipinski definition) is 5. The topological polar surface area (TPSA) is 76.8 Å². The lowest BCUT2D eigenvalue weighted by atomic mass is 9.95. The molecule has 3 heterocycles. The molecule has 2 aliphatic heterocycles. The summed E-state index contributed by atoms with van der Waals surface area (Å²) in [6, 6.07) is 14.8. The Balaban J connectivity index is 1.45. The Hall–Kier alpha value is -2.90. The quantitative estimate of drug-likeness (QED) is 0.626. The summed E-state index contributed by atoms with van der Waals surface area (Å²) >= 11 is 0. The smallest absolute Gasteiger partial charge is 0.414 e. The molecule has 1 saturated carbocycles. The monoisotopic (exact) mass is 461 g/mol. The maximum Gasteiger partial charge on any atom is 0.414 e. The fraction of sp³-hybridized carbons (Fsp3) is 0.481. The first-order valence-electron chi connectivity index (χ1n) is 12.3. The highest BCUT2D eigenvalue weighted by Gasteiger charge is 2.56. The fourth-order valence-corrected chi connectivity index (χ4v) is 5.86. The van der Waals surface area contributed by atoms with Crippen molar-refractivity contribution in [3.8, 4) is 0 Å². The van der Waals surface area contributed by atoms with Gasteiger partial charge in [-0.2, -0.15) is 0 Å². The van der Waals surface area contributed by atoms with Crippen LogP contribution in [0.1, 0.15) is 55.6 Å². The van der Waals surface area contributed by atoms with Crippen LogP contribution in [-0.2, 0) is 22.3 Å². The van der Waals surface area contributed by atoms with Gasteiger partial charge in [0.15, 0.2) is 0 Å². The number of hydrogen-bond donors (Lipinski definition) is 1. The SMILES string of the molecule is COC(=O)N1c2ccc3c(nc(Cc4ccccc4)n3[C@@H]3CCC4(C[C@@H]4O)OC3)c2CC[C@@H]1C. The third-order valence-electron chi connectivity index (χ3n) is 7.92. The van der Waals surface area contributed by atoms with E-state index < -0.39 is 0 Å². The molecule has 4 atom stereocenters. The van der Waals surface area contributed by atoms with E-state index in [1.807, 2.05) is 12.1 Å². The number of fused-ring (bicyclic) bond motifs is 3. The minimum Gasteiger partial charge on any atom is -0.452 e. The van der Waals surface area contributed by atoms with Crippen molar-refractivity contribution in [3.05, 3.63) is 59.4 Å². The molecule has 1 amide bonds. The van der Waals surface area contributed by atoms with Crippen LogP contribution in [0.25, 0.3) is 11.0 Å². The molecule has 34 heavy (non-hydrogen) atoms. The largest absolute Gasteiger partial charge is 0.452 e. The van der Waals surface area contributed by atoms with Crippen molar-refractivity contribution in [1.29, 1.82) is 0 Å². The predicted octanol–water partition coefficient (Wildman–Crippen LogP) is 4.39. The molecule has 3 aromatic rings. The van der Waals surface area contributed by atoms with E-state index in [9.17, 15) is 9.90 Å². The molecule has 1 spiro atoms. The molecule has 3 aliphatic rings. The van der Waals surface area contributed by atoms with Crippen molar-refractivity contribution in [3.63, 3.8) is 0 Å². The van der Waals surface area contributed by atoms with Crippen LogP contribution in [0.5, 0.6) is 0 Å². The molecule has 1 aromatic heterocycles. The molecule has 178 valence electrons. The van der Waals surface area contributed by atoms with E-state index in [2.05, 4.69) is 41.8 Å². The van der Waals surface area contributed by atoms with Crippen molar-refractivity contribution in [2.45, 2.75) is 69.2 Å². The third kappa shape index (κ3) is 3.41. The van der Waals surface area contributed by atoms with E-state index >= 15 is 0 Å². The van der Waals surface area contributed by atoms with Gasteiger partial charge in [-0.05, 0) is 50.3 Å². The summed E-state index contributed by atoms with van der Waals surface area (Å²) in [5.41, 5.74) is 4.96. The van der Waals surface area contributed by atoms with Crippen molar-refractivity contribution < 1.29 is 19.4 Å². The predicted molar refractivity (Wildman–Crippen MR) is 129 cm³/mol. The van der Waals surface area contributed by atoms with Gasteiger partial charge in [0.2, 0.25) is 0 Å². The molecule has 1 N–H and O–H groups in total. The molecule has 2 aromatic carbocycles. The molecule has 0 radical (unpaired) electrons. The Morgan fingerprint density at radius 1 is 1.24 bits per heavy atom. The number of benzene rings is 2. The Labute approximate surface area is 199 Å². The lowest BCUT2D eigenvalue weighted by molar-refractivity contribution is -0.0535. The molecular weight excluding hydrogens is 430 g/mol. The van der Waals surface area contributed by atoms with Crippen LogP contribution in [-0.4, -0.2) is 52.2 Å². The first-order valence-corrected chi connectivity index (χ1v) is 12.3. The standard InChI is InChI=1S/C27H31N3O4/c1-17-8-9-20-21(29(17)26(32)33-2)10-11-22-25(20)28-24(14-18-6-4-3-5-7-18)30(22)19-12-13-27(34-16-19)15-23(27)31/h3-7,10-11,17,19,23,31H,8-9,12-16H2,1-2H3/t17-,19+,23-,27?/m0/s1. The average molecular weight is 462 g/mol. The number of rotatable bonds is 3. The summed E-state index contributed by atoms with van der Waals surface area (Å²) in [7, 11) is 1.43. The summed E-state index contributed by atoms with van der Waals surface area (Å²) in [5, 5.41) is 10.0. The van der Waals surface area contributed by atoms with Gasteiger partial charge in [0.1, 0.15) is 5.82 Å². The van der Waals surface area contributed by atoms with Gasteiger partial charge in [0.25, 0.3) is 0 Å². The fourth-order valence-electron chi connectivity index (χ4n) is 5.86. The van der Waals surface area contributed by atoms with E-state index in [0.717, 1.165) is 66.6 Å². The Bertz CT molecular complexity index is 1230. The maximum atomic E-state index is 12.6. The van der Waals surface area contributed by atoms with Gasteiger partial charge in [-0.25, -0.2) is 9.78 Å². The Morgan fingerprint density at radius 2 is 2.03 bits per heavy atom. The molecular formula is C27H31N3O4. The van der Waals surface area contributed by atoms with Crippen molar-refractivity contribution in [1.82, 2.24) is 9.55 Å². The van der Waals surface area contributed by atoms with Gasteiger partial charge in [-0.1, -0.05) is 30.3 Å². The second-order valence-corrected chi connectivity index (χ2v) is 10.0. The number of nitrogens with zero attached hydrogens (tertiary/aromatic N) is 3. The number of aromatic nitrogens is 2. The van der Waals surface area contributed by atoms with Gasteiger partial charge in [0.05, 0.1) is 48.2 Å². The van der Waals surface area contributed by atoms with Crippen LogP contribution in [0.2, 0.25) is 0 Å². The average Bonchev–Trinajstić information content (AvgIpc) is 3.31. The minimum absolute atomic E-state index is 0.0798. The lowest BCUT2D eigenvalue weighted by Gasteiger charge is -2.34. The second kappa shape index (κ2) is 8.10. The zero-order valence-corrected chi connectivity index (χ0v) is 19.7. The van der Waals surface area contributed by atoms with Gasteiger partial charge in [-0.3, -0.25) is 4.90 Å². The molecule has 1 aliphatic carbocycles. The highest BCUT2D eigenvalue weighted by molar-refractivity contribution is 5.95. The number of imidazole rings is 1. The molecule has 7 nitrogen and oxygen atoms in total. The third-order valence-corrected chi connectivity index (χ3v) is 7.92. The van der Waals surface area contributed by atoms with Crippen molar-refractivity contribution >= 4 is 22.8 Å². The van der Waals surface area contributed by atoms with Gasteiger partial charge >= 0.3 is 6.09 Å². The number of amides is 1. The number of carbonyl (C=O) groups excluding carboxylic acids is 1. The lowest BCUT2D eigenvalue weighted by Crippen LogP contribution is -2.42. The number of carbonyl (C=O) groups is 1. The molecule has 1 unspecified atom stereocenters. The number of ether oxygens (including phenoxy) is 2. The van der Waals surface area contributed by atoms with Crippen LogP contribution < -0.4 is 4.90 Å². The minimum atomic E-state index is -0.328.